The first-order valence-electron chi connectivity index (χ1n) is 8.60. The van der Waals surface area contributed by atoms with E-state index in [1.54, 1.807) is 17.8 Å². The lowest BCUT2D eigenvalue weighted by Gasteiger charge is -2.29. The van der Waals surface area contributed by atoms with Crippen LogP contribution in [0.1, 0.15) is 19.8 Å². The van der Waals surface area contributed by atoms with E-state index in [1.165, 1.54) is 16.1 Å². The third kappa shape index (κ3) is 5.01. The van der Waals surface area contributed by atoms with Crippen molar-refractivity contribution in [1.29, 1.82) is 0 Å². The van der Waals surface area contributed by atoms with Gasteiger partial charge in [0.25, 0.3) is 0 Å². The molecule has 1 aliphatic heterocycles. The molecule has 2 heterocycles. The van der Waals surface area contributed by atoms with Crippen LogP contribution in [0.2, 0.25) is 0 Å². The number of thioether (sulfide) groups is 1. The summed E-state index contributed by atoms with van der Waals surface area (Å²) in [5.74, 6) is 2.20. The minimum absolute atomic E-state index is 0.0290. The molecule has 26 heavy (non-hydrogen) atoms. The maximum absolute atomic E-state index is 10.9. The Morgan fingerprint density at radius 3 is 2.69 bits per heavy atom. The third-order valence-electron chi connectivity index (χ3n) is 4.08. The van der Waals surface area contributed by atoms with Crippen LogP contribution in [0.15, 0.2) is 41.6 Å². The van der Waals surface area contributed by atoms with Crippen molar-refractivity contribution in [2.24, 2.45) is 0 Å². The number of hydrogen-bond donors (Lipinski definition) is 2. The fraction of sp³-hybridized carbons (Fsp3) is 0.389. The van der Waals surface area contributed by atoms with Crippen molar-refractivity contribution in [3.8, 4) is 5.88 Å². The highest BCUT2D eigenvalue weighted by molar-refractivity contribution is 7.99. The molecule has 7 nitrogen and oxygen atoms in total. The van der Waals surface area contributed by atoms with Gasteiger partial charge in [-0.1, -0.05) is 6.92 Å². The number of anilines is 2. The van der Waals surface area contributed by atoms with Crippen LogP contribution in [-0.2, 0) is 0 Å². The first kappa shape index (κ1) is 18.3. The van der Waals surface area contributed by atoms with Gasteiger partial charge in [-0.25, -0.2) is 14.8 Å². The predicted molar refractivity (Wildman–Crippen MR) is 101 cm³/mol. The van der Waals surface area contributed by atoms with Crippen LogP contribution < -0.4 is 10.1 Å². The zero-order valence-electron chi connectivity index (χ0n) is 14.6. The first-order chi connectivity index (χ1) is 12.6. The van der Waals surface area contributed by atoms with Crippen molar-refractivity contribution in [3.05, 3.63) is 36.7 Å². The molecule has 0 saturated carbocycles. The molecule has 0 spiro atoms. The highest BCUT2D eigenvalue weighted by Gasteiger charge is 2.23. The molecular formula is C18H22N4O3S. The Bertz CT molecular complexity index is 733. The molecule has 1 saturated heterocycles. The normalized spacial score (nSPS) is 14.9. The van der Waals surface area contributed by atoms with Gasteiger partial charge in [-0.15, -0.1) is 11.8 Å². The molecule has 1 aliphatic rings. The highest BCUT2D eigenvalue weighted by atomic mass is 32.2. The first-order valence-corrected chi connectivity index (χ1v) is 9.59. The quantitative estimate of drug-likeness (QED) is 0.743. The number of benzene rings is 1. The number of nitrogens with one attached hydrogen (secondary N) is 1. The summed E-state index contributed by atoms with van der Waals surface area (Å²) in [7, 11) is 0. The predicted octanol–water partition coefficient (Wildman–Crippen LogP) is 3.85. The van der Waals surface area contributed by atoms with Gasteiger partial charge in [0.2, 0.25) is 5.88 Å². The molecule has 3 rings (SSSR count). The number of likely N-dealkylation sites (tertiary alicyclic amines) is 1. The molecule has 1 aromatic heterocycles. The van der Waals surface area contributed by atoms with Gasteiger partial charge < -0.3 is 20.1 Å². The smallest absolute Gasteiger partial charge is 0.407 e. The Balaban J connectivity index is 1.57. The van der Waals surface area contributed by atoms with Gasteiger partial charge in [-0.05, 0) is 30.0 Å². The van der Waals surface area contributed by atoms with Crippen molar-refractivity contribution in [3.63, 3.8) is 0 Å². The Kier molecular flexibility index (Phi) is 6.17. The fourth-order valence-corrected chi connectivity index (χ4v) is 3.42. The van der Waals surface area contributed by atoms with Gasteiger partial charge in [0, 0.05) is 42.6 Å². The molecule has 0 atom stereocenters. The number of ether oxygens (including phenoxy) is 1. The Hall–Kier alpha value is -2.48. The van der Waals surface area contributed by atoms with Gasteiger partial charge in [0.05, 0.1) is 0 Å². The minimum atomic E-state index is -0.875. The van der Waals surface area contributed by atoms with Gasteiger partial charge in [-0.2, -0.15) is 0 Å². The Morgan fingerprint density at radius 2 is 2.04 bits per heavy atom. The number of carbonyl (C=O) groups is 1. The van der Waals surface area contributed by atoms with Crippen LogP contribution in [0.5, 0.6) is 5.88 Å². The van der Waals surface area contributed by atoms with Crippen LogP contribution in [-0.4, -0.2) is 51.0 Å². The van der Waals surface area contributed by atoms with Crippen LogP contribution in [0, 0.1) is 0 Å². The minimum Gasteiger partial charge on any atom is -0.474 e. The van der Waals surface area contributed by atoms with Crippen LogP contribution in [0.3, 0.4) is 0 Å². The summed E-state index contributed by atoms with van der Waals surface area (Å²) in [5, 5.41) is 12.2. The number of nitrogens with zero attached hydrogens (tertiary/aromatic N) is 3. The molecule has 1 aromatic carbocycles. The number of hydrogen-bond acceptors (Lipinski definition) is 6. The Morgan fingerprint density at radius 1 is 1.31 bits per heavy atom. The average molecular weight is 374 g/mol. The lowest BCUT2D eigenvalue weighted by molar-refractivity contribution is 0.0870. The lowest BCUT2D eigenvalue weighted by atomic mass is 10.1. The van der Waals surface area contributed by atoms with E-state index < -0.39 is 6.09 Å². The number of rotatable bonds is 6. The van der Waals surface area contributed by atoms with E-state index in [-0.39, 0.29) is 6.10 Å². The second kappa shape index (κ2) is 8.75. The zero-order chi connectivity index (χ0) is 18.4. The van der Waals surface area contributed by atoms with Gasteiger partial charge in [0.1, 0.15) is 18.2 Å². The van der Waals surface area contributed by atoms with E-state index in [0.717, 1.165) is 11.4 Å². The summed E-state index contributed by atoms with van der Waals surface area (Å²) in [5.41, 5.74) is 0.949. The van der Waals surface area contributed by atoms with E-state index in [4.69, 9.17) is 9.84 Å². The number of piperidine rings is 1. The Labute approximate surface area is 156 Å². The van der Waals surface area contributed by atoms with Crippen molar-refractivity contribution in [2.45, 2.75) is 30.8 Å². The lowest BCUT2D eigenvalue weighted by Crippen LogP contribution is -2.41. The molecule has 0 bridgehead atoms. The summed E-state index contributed by atoms with van der Waals surface area (Å²) in [4.78, 5) is 22.0. The second-order valence-electron chi connectivity index (χ2n) is 5.91. The SMILES string of the molecule is CCSc1ccc(Nc2cc(OC3CCN(C(=O)O)CC3)ncn2)cc1. The van der Waals surface area contributed by atoms with Crippen LogP contribution in [0.4, 0.5) is 16.3 Å². The molecule has 138 valence electrons. The van der Waals surface area contributed by atoms with E-state index in [0.29, 0.717) is 37.6 Å². The number of aromatic nitrogens is 2. The fourth-order valence-electron chi connectivity index (χ4n) is 2.76. The molecule has 1 fully saturated rings. The van der Waals surface area contributed by atoms with E-state index >= 15 is 0 Å². The maximum Gasteiger partial charge on any atom is 0.407 e. The standard InChI is InChI=1S/C18H22N4O3S/c1-2-26-15-5-3-13(4-6-15)21-16-11-17(20-12-19-16)25-14-7-9-22(10-8-14)18(23)24/h3-6,11-12,14H,2,7-10H2,1H3,(H,23,24)(H,19,20,21). The van der Waals surface area contributed by atoms with Crippen molar-refractivity contribution < 1.29 is 14.6 Å². The second-order valence-corrected chi connectivity index (χ2v) is 7.25. The molecule has 8 heteroatoms. The number of amides is 1. The molecule has 0 aliphatic carbocycles. The van der Waals surface area contributed by atoms with Crippen LogP contribution in [0.25, 0.3) is 0 Å². The van der Waals surface area contributed by atoms with Gasteiger partial charge >= 0.3 is 6.09 Å². The van der Waals surface area contributed by atoms with Gasteiger partial charge in [-0.3, -0.25) is 0 Å². The molecule has 0 unspecified atom stereocenters. The van der Waals surface area contributed by atoms with E-state index in [9.17, 15) is 4.79 Å². The average Bonchev–Trinajstić information content (AvgIpc) is 2.64. The largest absolute Gasteiger partial charge is 0.474 e. The maximum atomic E-state index is 10.9. The summed E-state index contributed by atoms with van der Waals surface area (Å²) >= 11 is 1.80. The molecular weight excluding hydrogens is 352 g/mol. The third-order valence-corrected chi connectivity index (χ3v) is 4.97. The highest BCUT2D eigenvalue weighted by Crippen LogP contribution is 2.23. The molecule has 1 amide bonds. The number of carboxylic acid groups (broad SMARTS) is 1. The summed E-state index contributed by atoms with van der Waals surface area (Å²) in [6.45, 7) is 3.10. The van der Waals surface area contributed by atoms with Crippen molar-refractivity contribution in [2.75, 3.05) is 24.2 Å². The van der Waals surface area contributed by atoms with E-state index in [2.05, 4.69) is 34.3 Å². The molecule has 0 radical (unpaired) electrons. The van der Waals surface area contributed by atoms with Crippen molar-refractivity contribution in [1.82, 2.24) is 14.9 Å². The topological polar surface area (TPSA) is 87.6 Å². The summed E-state index contributed by atoms with van der Waals surface area (Å²) in [6, 6.07) is 9.94. The van der Waals surface area contributed by atoms with Gasteiger partial charge in [0.15, 0.2) is 0 Å². The summed E-state index contributed by atoms with van der Waals surface area (Å²) in [6.07, 6.45) is 1.88. The summed E-state index contributed by atoms with van der Waals surface area (Å²) < 4.78 is 5.90. The molecule has 2 N–H and O–H groups in total. The molecule has 2 aromatic rings. The zero-order valence-corrected chi connectivity index (χ0v) is 15.4. The monoisotopic (exact) mass is 374 g/mol. The van der Waals surface area contributed by atoms with Crippen LogP contribution >= 0.6 is 11.8 Å². The van der Waals surface area contributed by atoms with E-state index in [1.807, 2.05) is 12.1 Å². The van der Waals surface area contributed by atoms with Crippen molar-refractivity contribution >= 4 is 29.4 Å².